The van der Waals surface area contributed by atoms with Gasteiger partial charge in [0, 0.05) is 0 Å². The highest BCUT2D eigenvalue weighted by Crippen LogP contribution is 2.14. The maximum atomic E-state index is 12.5. The number of aldehydes is 1. The van der Waals surface area contributed by atoms with E-state index in [0.717, 1.165) is 0 Å². The molecule has 0 amide bonds. The molecule has 0 radical (unpaired) electrons. The lowest BCUT2D eigenvalue weighted by Crippen LogP contribution is -2.09. The van der Waals surface area contributed by atoms with Crippen molar-refractivity contribution >= 4 is 12.1 Å². The lowest BCUT2D eigenvalue weighted by atomic mass is 9.97. The molecule has 0 aliphatic heterocycles. The third-order valence-corrected chi connectivity index (χ3v) is 1.80. The molecule has 3 heteroatoms. The van der Waals surface area contributed by atoms with Crippen LogP contribution in [0, 0.1) is 5.82 Å². The van der Waals surface area contributed by atoms with Crippen molar-refractivity contribution in [3.05, 3.63) is 35.6 Å². The smallest absolute Gasteiger partial charge is 0.144 e. The average Bonchev–Trinajstić information content (AvgIpc) is 2.09. The van der Waals surface area contributed by atoms with Gasteiger partial charge in [0.2, 0.25) is 0 Å². The number of ketones is 1. The fraction of sp³-hybridized carbons (Fsp3) is 0.200. The highest BCUT2D eigenvalue weighted by Gasteiger charge is 2.14. The molecule has 0 heterocycles. The second kappa shape index (κ2) is 3.94. The Balaban J connectivity index is 2.99. The molecule has 68 valence electrons. The van der Waals surface area contributed by atoms with Crippen LogP contribution in [-0.2, 0) is 9.59 Å². The standard InChI is InChI=1S/C10H9FO2/c1-7(13)10(6-12)8-2-4-9(11)5-3-8/h2-6,10H,1H3. The minimum absolute atomic E-state index is 0.235. The van der Waals surface area contributed by atoms with E-state index < -0.39 is 5.92 Å². The Morgan fingerprint density at radius 1 is 1.38 bits per heavy atom. The zero-order valence-electron chi connectivity index (χ0n) is 7.16. The van der Waals surface area contributed by atoms with Crippen LogP contribution >= 0.6 is 0 Å². The van der Waals surface area contributed by atoms with Gasteiger partial charge in [0.15, 0.2) is 0 Å². The number of carbonyl (C=O) groups is 2. The van der Waals surface area contributed by atoms with Gasteiger partial charge in [-0.05, 0) is 24.6 Å². The minimum Gasteiger partial charge on any atom is -0.302 e. The van der Waals surface area contributed by atoms with E-state index in [4.69, 9.17) is 0 Å². The van der Waals surface area contributed by atoms with Gasteiger partial charge >= 0.3 is 0 Å². The van der Waals surface area contributed by atoms with Crippen molar-refractivity contribution in [3.8, 4) is 0 Å². The molecule has 0 spiro atoms. The van der Waals surface area contributed by atoms with Gasteiger partial charge in [-0.2, -0.15) is 0 Å². The number of rotatable bonds is 3. The Morgan fingerprint density at radius 2 is 1.92 bits per heavy atom. The monoisotopic (exact) mass is 180 g/mol. The summed E-state index contributed by atoms with van der Waals surface area (Å²) in [4.78, 5) is 21.5. The van der Waals surface area contributed by atoms with Crippen LogP contribution in [0.2, 0.25) is 0 Å². The van der Waals surface area contributed by atoms with Gasteiger partial charge in [-0.1, -0.05) is 12.1 Å². The Morgan fingerprint density at radius 3 is 2.31 bits per heavy atom. The zero-order chi connectivity index (χ0) is 9.84. The summed E-state index contributed by atoms with van der Waals surface area (Å²) in [6, 6.07) is 5.34. The first-order chi connectivity index (χ1) is 6.15. The first-order valence-electron chi connectivity index (χ1n) is 3.86. The topological polar surface area (TPSA) is 34.1 Å². The van der Waals surface area contributed by atoms with Gasteiger partial charge in [0.1, 0.15) is 17.9 Å². The molecule has 0 N–H and O–H groups in total. The molecule has 0 fully saturated rings. The van der Waals surface area contributed by atoms with E-state index in [1.54, 1.807) is 0 Å². The van der Waals surface area contributed by atoms with Crippen molar-refractivity contribution in [1.29, 1.82) is 0 Å². The van der Waals surface area contributed by atoms with E-state index in [0.29, 0.717) is 11.8 Å². The van der Waals surface area contributed by atoms with Crippen molar-refractivity contribution in [3.63, 3.8) is 0 Å². The SMILES string of the molecule is CC(=O)C(C=O)c1ccc(F)cc1. The molecule has 1 unspecified atom stereocenters. The van der Waals surface area contributed by atoms with Crippen LogP contribution in [0.3, 0.4) is 0 Å². The highest BCUT2D eigenvalue weighted by atomic mass is 19.1. The normalized spacial score (nSPS) is 12.2. The number of benzene rings is 1. The molecule has 1 atom stereocenters. The summed E-state index contributed by atoms with van der Waals surface area (Å²) in [5.41, 5.74) is 0.531. The highest BCUT2D eigenvalue weighted by molar-refractivity contribution is 5.97. The van der Waals surface area contributed by atoms with Crippen LogP contribution in [0.25, 0.3) is 0 Å². The molecule has 1 aromatic rings. The lowest BCUT2D eigenvalue weighted by Gasteiger charge is -2.05. The summed E-state index contributed by atoms with van der Waals surface area (Å²) in [5.74, 6) is -1.38. The lowest BCUT2D eigenvalue weighted by molar-refractivity contribution is -0.122. The Kier molecular flexibility index (Phi) is 2.90. The van der Waals surface area contributed by atoms with Gasteiger partial charge < -0.3 is 4.79 Å². The van der Waals surface area contributed by atoms with Gasteiger partial charge in [0.05, 0.1) is 5.92 Å². The molecular weight excluding hydrogens is 171 g/mol. The second-order valence-electron chi connectivity index (χ2n) is 2.78. The molecule has 1 aromatic carbocycles. The molecular formula is C10H9FO2. The first-order valence-corrected chi connectivity index (χ1v) is 3.86. The molecule has 0 saturated heterocycles. The van der Waals surface area contributed by atoms with Crippen LogP contribution in [0.4, 0.5) is 4.39 Å². The van der Waals surface area contributed by atoms with Crippen LogP contribution in [0.15, 0.2) is 24.3 Å². The van der Waals surface area contributed by atoms with E-state index in [1.165, 1.54) is 31.2 Å². The van der Waals surface area contributed by atoms with Crippen molar-refractivity contribution in [1.82, 2.24) is 0 Å². The summed E-state index contributed by atoms with van der Waals surface area (Å²) in [6.07, 6.45) is 0.565. The van der Waals surface area contributed by atoms with E-state index in [-0.39, 0.29) is 11.6 Å². The van der Waals surface area contributed by atoms with Gasteiger partial charge in [-0.25, -0.2) is 4.39 Å². The van der Waals surface area contributed by atoms with Crippen LogP contribution < -0.4 is 0 Å². The fourth-order valence-electron chi connectivity index (χ4n) is 1.08. The molecule has 0 aliphatic carbocycles. The quantitative estimate of drug-likeness (QED) is 0.524. The zero-order valence-corrected chi connectivity index (χ0v) is 7.16. The van der Waals surface area contributed by atoms with Crippen LogP contribution in [0.1, 0.15) is 18.4 Å². The van der Waals surface area contributed by atoms with Gasteiger partial charge in [-0.15, -0.1) is 0 Å². The maximum Gasteiger partial charge on any atom is 0.144 e. The predicted molar refractivity (Wildman–Crippen MR) is 45.9 cm³/mol. The Hall–Kier alpha value is -1.51. The fourth-order valence-corrected chi connectivity index (χ4v) is 1.08. The van der Waals surface area contributed by atoms with Crippen molar-refractivity contribution in [2.75, 3.05) is 0 Å². The van der Waals surface area contributed by atoms with E-state index in [1.807, 2.05) is 0 Å². The molecule has 0 saturated carbocycles. The molecule has 13 heavy (non-hydrogen) atoms. The molecule has 2 nitrogen and oxygen atoms in total. The Bertz CT molecular complexity index is 316. The van der Waals surface area contributed by atoms with E-state index in [9.17, 15) is 14.0 Å². The summed E-state index contributed by atoms with van der Waals surface area (Å²) in [5, 5.41) is 0. The second-order valence-corrected chi connectivity index (χ2v) is 2.78. The number of halogens is 1. The number of hydrogen-bond donors (Lipinski definition) is 0. The Labute approximate surface area is 75.4 Å². The molecule has 0 bridgehead atoms. The van der Waals surface area contributed by atoms with E-state index >= 15 is 0 Å². The van der Waals surface area contributed by atoms with Crippen molar-refractivity contribution in [2.24, 2.45) is 0 Å². The predicted octanol–water partition coefficient (Wildman–Crippen LogP) is 1.70. The summed E-state index contributed by atoms with van der Waals surface area (Å²) >= 11 is 0. The van der Waals surface area contributed by atoms with E-state index in [2.05, 4.69) is 0 Å². The number of Topliss-reactive ketones (excluding diaryl/α,β-unsaturated/α-hetero) is 1. The van der Waals surface area contributed by atoms with Crippen LogP contribution in [-0.4, -0.2) is 12.1 Å². The maximum absolute atomic E-state index is 12.5. The third kappa shape index (κ3) is 2.21. The number of hydrogen-bond acceptors (Lipinski definition) is 2. The van der Waals surface area contributed by atoms with Crippen molar-refractivity contribution < 1.29 is 14.0 Å². The average molecular weight is 180 g/mol. The largest absolute Gasteiger partial charge is 0.302 e. The van der Waals surface area contributed by atoms with Gasteiger partial charge in [0.25, 0.3) is 0 Å². The number of carbonyl (C=O) groups excluding carboxylic acids is 2. The van der Waals surface area contributed by atoms with Crippen LogP contribution in [0.5, 0.6) is 0 Å². The summed E-state index contributed by atoms with van der Waals surface area (Å²) in [7, 11) is 0. The molecule has 1 rings (SSSR count). The third-order valence-electron chi connectivity index (χ3n) is 1.80. The minimum atomic E-state index is -0.763. The first kappa shape index (κ1) is 9.58. The molecule has 0 aliphatic rings. The van der Waals surface area contributed by atoms with Gasteiger partial charge in [-0.3, -0.25) is 4.79 Å². The summed E-state index contributed by atoms with van der Waals surface area (Å²) in [6.45, 7) is 1.34. The van der Waals surface area contributed by atoms with Crippen molar-refractivity contribution in [2.45, 2.75) is 12.8 Å². The molecule has 0 aromatic heterocycles. The summed E-state index contributed by atoms with van der Waals surface area (Å²) < 4.78 is 12.5.